The molecule has 0 spiro atoms. The predicted molar refractivity (Wildman–Crippen MR) is 80.8 cm³/mol. The molecule has 1 heterocycles. The molecule has 0 aliphatic carbocycles. The van der Waals surface area contributed by atoms with Gasteiger partial charge in [-0.05, 0) is 43.2 Å². The minimum atomic E-state index is -0.998. The number of benzene rings is 1. The zero-order valence-corrected chi connectivity index (χ0v) is 11.6. The van der Waals surface area contributed by atoms with Crippen molar-refractivity contribution in [2.45, 2.75) is 18.4 Å². The van der Waals surface area contributed by atoms with Crippen LogP contribution in [-0.4, -0.2) is 35.6 Å². The second-order valence-electron chi connectivity index (χ2n) is 5.18. The number of carboxylic acids is 1. The molecule has 2 rings (SSSR count). The van der Waals surface area contributed by atoms with Crippen molar-refractivity contribution in [3.8, 4) is 0 Å². The fourth-order valence-electron chi connectivity index (χ4n) is 2.22. The third-order valence-corrected chi connectivity index (χ3v) is 3.46. The van der Waals surface area contributed by atoms with E-state index in [2.05, 4.69) is 10.6 Å². The molecule has 1 aromatic carbocycles. The number of carbonyl (C=O) groups is 2. The van der Waals surface area contributed by atoms with Crippen LogP contribution >= 0.6 is 0 Å². The summed E-state index contributed by atoms with van der Waals surface area (Å²) in [5, 5.41) is 14.5. The Labute approximate surface area is 123 Å². The molecule has 1 fully saturated rings. The topological polar surface area (TPSA) is 104 Å². The minimum Gasteiger partial charge on any atom is -0.478 e. The van der Waals surface area contributed by atoms with Gasteiger partial charge in [0.05, 0.1) is 0 Å². The largest absolute Gasteiger partial charge is 0.478 e. The van der Waals surface area contributed by atoms with Gasteiger partial charge in [-0.25, -0.2) is 4.79 Å². The number of nitrogens with one attached hydrogen (secondary N) is 2. The highest BCUT2D eigenvalue weighted by molar-refractivity contribution is 5.98. The molecule has 1 atom stereocenters. The number of rotatable bonds is 4. The van der Waals surface area contributed by atoms with Crippen molar-refractivity contribution in [3.63, 3.8) is 0 Å². The molecule has 0 aromatic heterocycles. The summed E-state index contributed by atoms with van der Waals surface area (Å²) in [5.41, 5.74) is 6.62. The average molecular weight is 289 g/mol. The molecule has 112 valence electrons. The number of carboxylic acid groups (broad SMARTS) is 1. The van der Waals surface area contributed by atoms with E-state index in [1.807, 2.05) is 0 Å². The number of hydrogen-bond acceptors (Lipinski definition) is 4. The van der Waals surface area contributed by atoms with Gasteiger partial charge in [-0.1, -0.05) is 12.1 Å². The van der Waals surface area contributed by atoms with Gasteiger partial charge in [-0.3, -0.25) is 4.79 Å². The lowest BCUT2D eigenvalue weighted by molar-refractivity contribution is -0.131. The number of carbonyl (C=O) groups excluding carboxylic acids is 1. The molecule has 1 amide bonds. The van der Waals surface area contributed by atoms with Gasteiger partial charge in [0.25, 0.3) is 0 Å². The lowest BCUT2D eigenvalue weighted by atomic mass is 9.90. The third-order valence-electron chi connectivity index (χ3n) is 3.46. The van der Waals surface area contributed by atoms with E-state index in [4.69, 9.17) is 10.8 Å². The summed E-state index contributed by atoms with van der Waals surface area (Å²) in [6, 6.07) is 6.91. The van der Waals surface area contributed by atoms with Crippen LogP contribution in [0.5, 0.6) is 0 Å². The van der Waals surface area contributed by atoms with Crippen molar-refractivity contribution < 1.29 is 14.7 Å². The molecule has 1 unspecified atom stereocenters. The quantitative estimate of drug-likeness (QED) is 0.614. The van der Waals surface area contributed by atoms with Crippen molar-refractivity contribution in [1.29, 1.82) is 0 Å². The lowest BCUT2D eigenvalue weighted by Gasteiger charge is -2.32. The molecule has 6 nitrogen and oxygen atoms in total. The van der Waals surface area contributed by atoms with E-state index >= 15 is 0 Å². The molecule has 1 aromatic rings. The lowest BCUT2D eigenvalue weighted by Crippen LogP contribution is -2.60. The highest BCUT2D eigenvalue weighted by Gasteiger charge is 2.35. The van der Waals surface area contributed by atoms with Crippen molar-refractivity contribution in [2.24, 2.45) is 5.73 Å². The summed E-state index contributed by atoms with van der Waals surface area (Å²) in [5.74, 6) is -1.20. The first-order valence-corrected chi connectivity index (χ1v) is 6.82. The number of amides is 1. The van der Waals surface area contributed by atoms with Crippen molar-refractivity contribution in [1.82, 2.24) is 5.32 Å². The molecular formula is C15H19N3O3. The van der Waals surface area contributed by atoms with Crippen LogP contribution in [0.25, 0.3) is 6.08 Å². The maximum atomic E-state index is 12.2. The normalized spacial score (nSPS) is 22.1. The summed E-state index contributed by atoms with van der Waals surface area (Å²) in [4.78, 5) is 22.7. The Morgan fingerprint density at radius 1 is 1.33 bits per heavy atom. The molecular weight excluding hydrogens is 270 g/mol. The van der Waals surface area contributed by atoms with E-state index in [0.717, 1.165) is 24.6 Å². The standard InChI is InChI=1S/C15H19N3O3/c16-15(8-1-9-17-10-15)14(21)18-12-5-2-11(3-6-12)4-7-13(19)20/h2-7,17H,1,8-10,16H2,(H,18,21)(H,19,20). The number of nitrogens with two attached hydrogens (primary N) is 1. The van der Waals surface area contributed by atoms with E-state index in [1.54, 1.807) is 24.3 Å². The second-order valence-corrected chi connectivity index (χ2v) is 5.18. The number of anilines is 1. The smallest absolute Gasteiger partial charge is 0.328 e. The third kappa shape index (κ3) is 4.14. The Morgan fingerprint density at radius 3 is 2.62 bits per heavy atom. The van der Waals surface area contributed by atoms with E-state index in [0.29, 0.717) is 18.7 Å². The van der Waals surface area contributed by atoms with Gasteiger partial charge in [-0.15, -0.1) is 0 Å². The van der Waals surface area contributed by atoms with Crippen LogP contribution in [0.4, 0.5) is 5.69 Å². The average Bonchev–Trinajstić information content (AvgIpc) is 2.47. The molecule has 0 radical (unpaired) electrons. The number of aliphatic carboxylic acids is 1. The Kier molecular flexibility index (Phi) is 4.72. The summed E-state index contributed by atoms with van der Waals surface area (Å²) in [6.45, 7) is 1.36. The van der Waals surface area contributed by atoms with Gasteiger partial charge < -0.3 is 21.5 Å². The SMILES string of the molecule is NC1(C(=O)Nc2ccc(C=CC(=O)O)cc2)CCCNC1. The van der Waals surface area contributed by atoms with E-state index in [-0.39, 0.29) is 5.91 Å². The van der Waals surface area contributed by atoms with Crippen LogP contribution in [0.3, 0.4) is 0 Å². The second kappa shape index (κ2) is 6.51. The summed E-state index contributed by atoms with van der Waals surface area (Å²) in [7, 11) is 0. The van der Waals surface area contributed by atoms with Crippen LogP contribution < -0.4 is 16.4 Å². The zero-order valence-electron chi connectivity index (χ0n) is 11.6. The molecule has 21 heavy (non-hydrogen) atoms. The van der Waals surface area contributed by atoms with Crippen molar-refractivity contribution >= 4 is 23.6 Å². The van der Waals surface area contributed by atoms with Gasteiger partial charge in [-0.2, -0.15) is 0 Å². The maximum Gasteiger partial charge on any atom is 0.328 e. The summed E-state index contributed by atoms with van der Waals surface area (Å²) < 4.78 is 0. The molecule has 0 saturated carbocycles. The predicted octanol–water partition coefficient (Wildman–Crippen LogP) is 0.804. The first-order chi connectivity index (χ1) is 9.99. The van der Waals surface area contributed by atoms with E-state index in [9.17, 15) is 9.59 Å². The van der Waals surface area contributed by atoms with Crippen LogP contribution in [0, 0.1) is 0 Å². The highest BCUT2D eigenvalue weighted by atomic mass is 16.4. The van der Waals surface area contributed by atoms with E-state index in [1.165, 1.54) is 6.08 Å². The Morgan fingerprint density at radius 2 is 2.05 bits per heavy atom. The Bertz CT molecular complexity index is 546. The molecule has 6 heteroatoms. The number of hydrogen-bond donors (Lipinski definition) is 4. The fourth-order valence-corrected chi connectivity index (χ4v) is 2.22. The minimum absolute atomic E-state index is 0.205. The Balaban J connectivity index is 1.99. The van der Waals surface area contributed by atoms with Crippen molar-refractivity contribution in [2.75, 3.05) is 18.4 Å². The molecule has 1 aliphatic rings. The van der Waals surface area contributed by atoms with Gasteiger partial charge in [0.1, 0.15) is 5.54 Å². The molecule has 0 bridgehead atoms. The highest BCUT2D eigenvalue weighted by Crippen LogP contribution is 2.17. The monoisotopic (exact) mass is 289 g/mol. The zero-order chi connectivity index (χ0) is 15.3. The van der Waals surface area contributed by atoms with Gasteiger partial charge >= 0.3 is 5.97 Å². The van der Waals surface area contributed by atoms with Crippen LogP contribution in [0.1, 0.15) is 18.4 Å². The summed E-state index contributed by atoms with van der Waals surface area (Å²) >= 11 is 0. The van der Waals surface area contributed by atoms with Crippen LogP contribution in [0.2, 0.25) is 0 Å². The molecule has 5 N–H and O–H groups in total. The number of piperidine rings is 1. The van der Waals surface area contributed by atoms with E-state index < -0.39 is 11.5 Å². The first kappa shape index (κ1) is 15.2. The Hall–Kier alpha value is -2.18. The first-order valence-electron chi connectivity index (χ1n) is 6.82. The fraction of sp³-hybridized carbons (Fsp3) is 0.333. The summed E-state index contributed by atoms with van der Waals surface area (Å²) in [6.07, 6.45) is 4.09. The van der Waals surface area contributed by atoms with Crippen molar-refractivity contribution in [3.05, 3.63) is 35.9 Å². The van der Waals surface area contributed by atoms with Gasteiger partial charge in [0.2, 0.25) is 5.91 Å². The van der Waals surface area contributed by atoms with Crippen LogP contribution in [-0.2, 0) is 9.59 Å². The van der Waals surface area contributed by atoms with Gasteiger partial charge in [0, 0.05) is 18.3 Å². The molecule has 1 aliphatic heterocycles. The molecule has 1 saturated heterocycles. The van der Waals surface area contributed by atoms with Gasteiger partial charge in [0.15, 0.2) is 0 Å². The maximum absolute atomic E-state index is 12.2. The van der Waals surface area contributed by atoms with Crippen LogP contribution in [0.15, 0.2) is 30.3 Å².